The van der Waals surface area contributed by atoms with Gasteiger partial charge in [0.1, 0.15) is 0 Å². The van der Waals surface area contributed by atoms with Crippen molar-refractivity contribution in [3.8, 4) is 0 Å². The zero-order valence-electron chi connectivity index (χ0n) is 10.9. The predicted molar refractivity (Wildman–Crippen MR) is 64.4 cm³/mol. The summed E-state index contributed by atoms with van der Waals surface area (Å²) in [4.78, 5) is 35.1. The minimum atomic E-state index is -1.25. The van der Waals surface area contributed by atoms with E-state index in [1.165, 1.54) is 12.3 Å². The van der Waals surface area contributed by atoms with E-state index in [-0.39, 0.29) is 25.4 Å². The second-order valence-corrected chi connectivity index (χ2v) is 3.66. The molecule has 1 heterocycles. The molecule has 1 rings (SSSR count). The number of furan rings is 1. The molecule has 0 fully saturated rings. The molecule has 0 aliphatic heterocycles. The highest BCUT2D eigenvalue weighted by atomic mass is 16.6. The highest BCUT2D eigenvalue weighted by molar-refractivity contribution is 6.03. The first kappa shape index (κ1) is 14.9. The van der Waals surface area contributed by atoms with Crippen LogP contribution < -0.4 is 0 Å². The van der Waals surface area contributed by atoms with E-state index in [1.54, 1.807) is 19.9 Å². The first-order chi connectivity index (χ1) is 9.10. The first-order valence-corrected chi connectivity index (χ1v) is 6.00. The van der Waals surface area contributed by atoms with Gasteiger partial charge in [0, 0.05) is 6.42 Å². The topological polar surface area (TPSA) is 82.8 Å². The van der Waals surface area contributed by atoms with Crippen LogP contribution in [0, 0.1) is 5.92 Å². The van der Waals surface area contributed by atoms with Crippen molar-refractivity contribution in [3.05, 3.63) is 24.2 Å². The standard InChI is InChI=1S/C13H16O6/c1-3-17-12(15)9(13(16)18-4-2)8-10(14)11-6-5-7-19-11/h5-7,9H,3-4,8H2,1-2H3. The van der Waals surface area contributed by atoms with Gasteiger partial charge in [-0.05, 0) is 26.0 Å². The van der Waals surface area contributed by atoms with Gasteiger partial charge in [-0.25, -0.2) is 0 Å². The molecule has 0 bridgehead atoms. The summed E-state index contributed by atoms with van der Waals surface area (Å²) in [5.74, 6) is -3.13. The number of ketones is 1. The van der Waals surface area contributed by atoms with Gasteiger partial charge in [0.05, 0.1) is 19.5 Å². The van der Waals surface area contributed by atoms with Gasteiger partial charge in [0.15, 0.2) is 17.5 Å². The number of ether oxygens (including phenoxy) is 2. The quantitative estimate of drug-likeness (QED) is 0.424. The molecule has 0 N–H and O–H groups in total. The molecular weight excluding hydrogens is 252 g/mol. The molecule has 0 aliphatic carbocycles. The van der Waals surface area contributed by atoms with Gasteiger partial charge in [-0.15, -0.1) is 0 Å². The Morgan fingerprint density at radius 1 is 1.16 bits per heavy atom. The SMILES string of the molecule is CCOC(=O)C(CC(=O)c1ccco1)C(=O)OCC. The lowest BCUT2D eigenvalue weighted by atomic mass is 10.0. The highest BCUT2D eigenvalue weighted by Gasteiger charge is 2.32. The van der Waals surface area contributed by atoms with Crippen LogP contribution in [0.4, 0.5) is 0 Å². The van der Waals surface area contributed by atoms with Crippen LogP contribution in [0.2, 0.25) is 0 Å². The van der Waals surface area contributed by atoms with Crippen LogP contribution in [-0.4, -0.2) is 30.9 Å². The van der Waals surface area contributed by atoms with Crippen molar-refractivity contribution in [2.24, 2.45) is 5.92 Å². The van der Waals surface area contributed by atoms with E-state index in [9.17, 15) is 14.4 Å². The molecule has 0 saturated carbocycles. The van der Waals surface area contributed by atoms with E-state index in [0.717, 1.165) is 0 Å². The number of hydrogen-bond donors (Lipinski definition) is 0. The van der Waals surface area contributed by atoms with Crippen LogP contribution in [0.1, 0.15) is 30.8 Å². The molecule has 6 heteroatoms. The molecule has 0 aromatic carbocycles. The first-order valence-electron chi connectivity index (χ1n) is 6.00. The summed E-state index contributed by atoms with van der Waals surface area (Å²) in [6.07, 6.45) is 1.02. The fourth-order valence-corrected chi connectivity index (χ4v) is 1.47. The zero-order valence-corrected chi connectivity index (χ0v) is 10.9. The highest BCUT2D eigenvalue weighted by Crippen LogP contribution is 2.14. The number of rotatable bonds is 7. The average Bonchev–Trinajstić information content (AvgIpc) is 2.90. The molecule has 0 saturated heterocycles. The van der Waals surface area contributed by atoms with Gasteiger partial charge in [0.25, 0.3) is 0 Å². The zero-order chi connectivity index (χ0) is 14.3. The Hall–Kier alpha value is -2.11. The van der Waals surface area contributed by atoms with Gasteiger partial charge < -0.3 is 13.9 Å². The van der Waals surface area contributed by atoms with Crippen LogP contribution >= 0.6 is 0 Å². The minimum Gasteiger partial charge on any atom is -0.465 e. The third-order valence-corrected chi connectivity index (χ3v) is 2.33. The molecule has 0 aliphatic rings. The fourth-order valence-electron chi connectivity index (χ4n) is 1.47. The maximum atomic E-state index is 11.8. The van der Waals surface area contributed by atoms with E-state index >= 15 is 0 Å². The number of carbonyl (C=O) groups is 3. The Bertz CT molecular complexity index is 416. The second kappa shape index (κ2) is 7.35. The normalized spacial score (nSPS) is 10.3. The van der Waals surface area contributed by atoms with E-state index in [2.05, 4.69) is 0 Å². The molecule has 104 valence electrons. The molecule has 0 unspecified atom stereocenters. The molecule has 0 amide bonds. The summed E-state index contributed by atoms with van der Waals surface area (Å²) in [6.45, 7) is 3.50. The van der Waals surface area contributed by atoms with Gasteiger partial charge in [-0.2, -0.15) is 0 Å². The lowest BCUT2D eigenvalue weighted by molar-refractivity contribution is -0.161. The lowest BCUT2D eigenvalue weighted by Gasteiger charge is -2.12. The molecule has 0 atom stereocenters. The maximum Gasteiger partial charge on any atom is 0.320 e. The summed E-state index contributed by atoms with van der Waals surface area (Å²) in [6, 6.07) is 3.02. The van der Waals surface area contributed by atoms with Gasteiger partial charge in [0.2, 0.25) is 0 Å². The Kier molecular flexibility index (Phi) is 5.78. The molecule has 0 spiro atoms. The second-order valence-electron chi connectivity index (χ2n) is 3.66. The largest absolute Gasteiger partial charge is 0.465 e. The van der Waals surface area contributed by atoms with Crippen LogP contribution in [0.15, 0.2) is 22.8 Å². The van der Waals surface area contributed by atoms with E-state index < -0.39 is 23.6 Å². The summed E-state index contributed by atoms with van der Waals surface area (Å²) in [7, 11) is 0. The number of carbonyl (C=O) groups excluding carboxylic acids is 3. The summed E-state index contributed by atoms with van der Waals surface area (Å²) in [5, 5.41) is 0. The van der Waals surface area contributed by atoms with Gasteiger partial charge >= 0.3 is 11.9 Å². The van der Waals surface area contributed by atoms with Gasteiger partial charge in [-0.3, -0.25) is 14.4 Å². The van der Waals surface area contributed by atoms with Crippen LogP contribution in [0.25, 0.3) is 0 Å². The Morgan fingerprint density at radius 2 is 1.74 bits per heavy atom. The van der Waals surface area contributed by atoms with Crippen molar-refractivity contribution in [2.75, 3.05) is 13.2 Å². The van der Waals surface area contributed by atoms with Crippen LogP contribution in [-0.2, 0) is 19.1 Å². The molecule has 0 radical (unpaired) electrons. The smallest absolute Gasteiger partial charge is 0.320 e. The number of Topliss-reactive ketones (excluding diaryl/α,β-unsaturated/α-hetero) is 1. The van der Waals surface area contributed by atoms with Crippen molar-refractivity contribution in [3.63, 3.8) is 0 Å². The number of hydrogen-bond acceptors (Lipinski definition) is 6. The minimum absolute atomic E-state index is 0.0959. The third kappa shape index (κ3) is 4.24. The van der Waals surface area contributed by atoms with E-state index in [1.807, 2.05) is 0 Å². The van der Waals surface area contributed by atoms with Crippen molar-refractivity contribution >= 4 is 17.7 Å². The molecule has 19 heavy (non-hydrogen) atoms. The van der Waals surface area contributed by atoms with E-state index in [0.29, 0.717) is 0 Å². The van der Waals surface area contributed by atoms with Gasteiger partial charge in [-0.1, -0.05) is 0 Å². The Balaban J connectivity index is 2.76. The molecule has 1 aromatic heterocycles. The van der Waals surface area contributed by atoms with E-state index in [4.69, 9.17) is 13.9 Å². The maximum absolute atomic E-state index is 11.8. The predicted octanol–water partition coefficient (Wildman–Crippen LogP) is 1.59. The third-order valence-electron chi connectivity index (χ3n) is 2.33. The number of esters is 2. The van der Waals surface area contributed by atoms with Crippen molar-refractivity contribution < 1.29 is 28.3 Å². The molecular formula is C13H16O6. The molecule has 6 nitrogen and oxygen atoms in total. The van der Waals surface area contributed by atoms with Crippen molar-refractivity contribution in [2.45, 2.75) is 20.3 Å². The summed E-state index contributed by atoms with van der Waals surface area (Å²) >= 11 is 0. The van der Waals surface area contributed by atoms with Crippen molar-refractivity contribution in [1.29, 1.82) is 0 Å². The van der Waals surface area contributed by atoms with Crippen LogP contribution in [0.5, 0.6) is 0 Å². The Labute approximate surface area is 110 Å². The molecule has 1 aromatic rings. The van der Waals surface area contributed by atoms with Crippen molar-refractivity contribution in [1.82, 2.24) is 0 Å². The summed E-state index contributed by atoms with van der Waals surface area (Å²) < 4.78 is 14.5. The average molecular weight is 268 g/mol. The fraction of sp³-hybridized carbons (Fsp3) is 0.462. The monoisotopic (exact) mass is 268 g/mol. The Morgan fingerprint density at radius 3 is 2.16 bits per heavy atom. The lowest BCUT2D eigenvalue weighted by Crippen LogP contribution is -2.30. The summed E-state index contributed by atoms with van der Waals surface area (Å²) in [5.41, 5.74) is 0. The van der Waals surface area contributed by atoms with Crippen LogP contribution in [0.3, 0.4) is 0 Å².